The molecule has 0 saturated heterocycles. The van der Waals surface area contributed by atoms with Crippen LogP contribution in [0.15, 0.2) is 78.9 Å². The molecule has 0 aliphatic rings. The molecule has 3 nitrogen and oxygen atoms in total. The summed E-state index contributed by atoms with van der Waals surface area (Å²) < 4.78 is 6.52. The highest BCUT2D eigenvalue weighted by atomic mass is 16.5. The van der Waals surface area contributed by atoms with Gasteiger partial charge in [0, 0.05) is 17.5 Å². The van der Waals surface area contributed by atoms with Gasteiger partial charge in [-0.15, -0.1) is 0 Å². The van der Waals surface area contributed by atoms with E-state index in [0.29, 0.717) is 12.1 Å². The number of nitrogens with one attached hydrogen (secondary N) is 1. The molecule has 0 bridgehead atoms. The number of hydrogen-bond acceptors (Lipinski definition) is 2. The Morgan fingerprint density at radius 3 is 2.09 bits per heavy atom. The van der Waals surface area contributed by atoms with Gasteiger partial charge in [0.1, 0.15) is 11.9 Å². The maximum Gasteiger partial charge on any atom is 0.251 e. The first-order chi connectivity index (χ1) is 17.0. The normalized spacial score (nSPS) is 12.2. The lowest BCUT2D eigenvalue weighted by Crippen LogP contribution is -2.23. The molecule has 1 N–H and O–H groups in total. The van der Waals surface area contributed by atoms with Crippen molar-refractivity contribution < 1.29 is 9.53 Å². The van der Waals surface area contributed by atoms with Gasteiger partial charge < -0.3 is 10.1 Å². The third kappa shape index (κ3) is 7.45. The summed E-state index contributed by atoms with van der Waals surface area (Å²) >= 11 is 0. The van der Waals surface area contributed by atoms with Gasteiger partial charge in [-0.2, -0.15) is 0 Å². The smallest absolute Gasteiger partial charge is 0.251 e. The van der Waals surface area contributed by atoms with Gasteiger partial charge >= 0.3 is 0 Å². The van der Waals surface area contributed by atoms with Crippen molar-refractivity contribution in [3.05, 3.63) is 101 Å². The molecule has 186 valence electrons. The molecular formula is C32H41NO2. The zero-order valence-electron chi connectivity index (χ0n) is 21.8. The second-order valence-electron chi connectivity index (χ2n) is 9.85. The Morgan fingerprint density at radius 2 is 1.46 bits per heavy atom. The van der Waals surface area contributed by atoms with Crippen LogP contribution in [0.5, 0.6) is 5.75 Å². The van der Waals surface area contributed by atoms with E-state index in [9.17, 15) is 4.79 Å². The van der Waals surface area contributed by atoms with Crippen LogP contribution in [0.2, 0.25) is 0 Å². The largest absolute Gasteiger partial charge is 0.486 e. The fourth-order valence-electron chi connectivity index (χ4n) is 4.38. The topological polar surface area (TPSA) is 38.3 Å². The van der Waals surface area contributed by atoms with Gasteiger partial charge in [0.15, 0.2) is 0 Å². The first kappa shape index (κ1) is 26.5. The molecule has 0 heterocycles. The molecule has 35 heavy (non-hydrogen) atoms. The number of carbonyl (C=O) groups excluding carboxylic acids is 1. The van der Waals surface area contributed by atoms with Crippen molar-refractivity contribution in [3.63, 3.8) is 0 Å². The van der Waals surface area contributed by atoms with Crippen molar-refractivity contribution in [1.82, 2.24) is 5.32 Å². The highest BCUT2D eigenvalue weighted by Gasteiger charge is 2.23. The van der Waals surface area contributed by atoms with Gasteiger partial charge in [0.2, 0.25) is 0 Å². The number of hydrogen-bond donors (Lipinski definition) is 1. The Hall–Kier alpha value is -3.07. The molecular weight excluding hydrogens is 430 g/mol. The van der Waals surface area contributed by atoms with Gasteiger partial charge in [-0.25, -0.2) is 0 Å². The summed E-state index contributed by atoms with van der Waals surface area (Å²) in [4.78, 5) is 12.3. The molecule has 3 aromatic carbocycles. The Balaban J connectivity index is 1.74. The van der Waals surface area contributed by atoms with E-state index in [1.165, 1.54) is 30.4 Å². The third-order valence-corrected chi connectivity index (χ3v) is 6.75. The first-order valence-electron chi connectivity index (χ1n) is 13.2. The molecule has 3 aromatic rings. The van der Waals surface area contributed by atoms with Crippen LogP contribution in [0.25, 0.3) is 0 Å². The highest BCUT2D eigenvalue weighted by Crippen LogP contribution is 2.33. The Morgan fingerprint density at radius 1 is 0.800 bits per heavy atom. The molecule has 0 aliphatic heterocycles. The van der Waals surface area contributed by atoms with E-state index in [0.717, 1.165) is 30.6 Å². The summed E-state index contributed by atoms with van der Waals surface area (Å²) in [5.74, 6) is 0.860. The molecule has 0 aromatic heterocycles. The fraction of sp³-hybridized carbons (Fsp3) is 0.406. The minimum atomic E-state index is -0.0759. The van der Waals surface area contributed by atoms with Crippen LogP contribution in [0.3, 0.4) is 0 Å². The fourth-order valence-corrected chi connectivity index (χ4v) is 4.38. The van der Waals surface area contributed by atoms with Gasteiger partial charge in [-0.3, -0.25) is 4.79 Å². The van der Waals surface area contributed by atoms with Crippen LogP contribution in [0.1, 0.15) is 99.4 Å². The van der Waals surface area contributed by atoms with Crippen LogP contribution in [-0.4, -0.2) is 12.5 Å². The van der Waals surface area contributed by atoms with Crippen molar-refractivity contribution in [3.8, 4) is 5.75 Å². The number of carbonyl (C=O) groups is 1. The summed E-state index contributed by atoms with van der Waals surface area (Å²) in [6.45, 7) is 9.49. The number of ether oxygens (including phenoxy) is 1. The maximum absolute atomic E-state index is 12.3. The van der Waals surface area contributed by atoms with Crippen LogP contribution in [-0.2, 0) is 5.41 Å². The van der Waals surface area contributed by atoms with Crippen LogP contribution < -0.4 is 10.1 Å². The van der Waals surface area contributed by atoms with Crippen molar-refractivity contribution in [2.75, 3.05) is 6.54 Å². The van der Waals surface area contributed by atoms with Gasteiger partial charge in [0.05, 0.1) is 0 Å². The van der Waals surface area contributed by atoms with Crippen LogP contribution in [0, 0.1) is 0 Å². The van der Waals surface area contributed by atoms with E-state index in [-0.39, 0.29) is 17.4 Å². The number of benzene rings is 3. The summed E-state index contributed by atoms with van der Waals surface area (Å²) in [7, 11) is 0. The predicted octanol–water partition coefficient (Wildman–Crippen LogP) is 8.24. The maximum atomic E-state index is 12.3. The Bertz CT molecular complexity index is 1020. The van der Waals surface area contributed by atoms with Crippen LogP contribution in [0.4, 0.5) is 0 Å². The quantitative estimate of drug-likeness (QED) is 0.255. The van der Waals surface area contributed by atoms with E-state index in [4.69, 9.17) is 4.74 Å². The van der Waals surface area contributed by atoms with E-state index >= 15 is 0 Å². The molecule has 3 rings (SSSR count). The SMILES string of the molecule is CCCCCCC(Oc1ccc(C(C)(C)c2ccccc2)cc1)c1ccc(C(=O)NCCC)cc1. The molecule has 0 radical (unpaired) electrons. The minimum Gasteiger partial charge on any atom is -0.486 e. The van der Waals surface area contributed by atoms with Crippen molar-refractivity contribution in [2.45, 2.75) is 77.7 Å². The lowest BCUT2D eigenvalue weighted by Gasteiger charge is -2.27. The Labute approximate surface area is 211 Å². The number of amides is 1. The van der Waals surface area contributed by atoms with E-state index < -0.39 is 0 Å². The summed E-state index contributed by atoms with van der Waals surface area (Å²) in [6, 6.07) is 27.0. The van der Waals surface area contributed by atoms with E-state index in [1.807, 2.05) is 24.3 Å². The van der Waals surface area contributed by atoms with Crippen molar-refractivity contribution >= 4 is 5.91 Å². The average molecular weight is 472 g/mol. The zero-order chi connectivity index (χ0) is 25.1. The second kappa shape index (κ2) is 13.1. The summed E-state index contributed by atoms with van der Waals surface area (Å²) in [5, 5.41) is 2.94. The number of unbranched alkanes of at least 4 members (excludes halogenated alkanes) is 3. The molecule has 3 heteroatoms. The lowest BCUT2D eigenvalue weighted by molar-refractivity contribution is 0.0953. The number of rotatable bonds is 13. The summed E-state index contributed by atoms with van der Waals surface area (Å²) in [6.07, 6.45) is 6.64. The first-order valence-corrected chi connectivity index (χ1v) is 13.2. The summed E-state index contributed by atoms with van der Waals surface area (Å²) in [5.41, 5.74) is 4.29. The van der Waals surface area contributed by atoms with Gasteiger partial charge in [-0.05, 0) is 60.2 Å². The average Bonchev–Trinajstić information content (AvgIpc) is 2.90. The molecule has 1 unspecified atom stereocenters. The van der Waals surface area contributed by atoms with Crippen molar-refractivity contribution in [1.29, 1.82) is 0 Å². The highest BCUT2D eigenvalue weighted by molar-refractivity contribution is 5.94. The predicted molar refractivity (Wildman–Crippen MR) is 146 cm³/mol. The minimum absolute atomic E-state index is 0.0181. The van der Waals surface area contributed by atoms with E-state index in [1.54, 1.807) is 0 Å². The van der Waals surface area contributed by atoms with E-state index in [2.05, 4.69) is 87.6 Å². The van der Waals surface area contributed by atoms with Crippen LogP contribution >= 0.6 is 0 Å². The molecule has 1 amide bonds. The van der Waals surface area contributed by atoms with Crippen molar-refractivity contribution in [2.24, 2.45) is 0 Å². The monoisotopic (exact) mass is 471 g/mol. The third-order valence-electron chi connectivity index (χ3n) is 6.75. The molecule has 0 fully saturated rings. The van der Waals surface area contributed by atoms with Gasteiger partial charge in [0.25, 0.3) is 5.91 Å². The second-order valence-corrected chi connectivity index (χ2v) is 9.85. The Kier molecular flexibility index (Phi) is 9.96. The van der Waals surface area contributed by atoms with Gasteiger partial charge in [-0.1, -0.05) is 102 Å². The molecule has 0 saturated carbocycles. The zero-order valence-corrected chi connectivity index (χ0v) is 21.8. The lowest BCUT2D eigenvalue weighted by atomic mass is 9.78. The molecule has 1 atom stereocenters. The molecule has 0 aliphatic carbocycles. The molecule has 0 spiro atoms. The standard InChI is InChI=1S/C32H41NO2/c1-5-7-8-12-15-30(25-16-18-26(19-17-25)31(34)33-24-6-2)35-29-22-20-28(21-23-29)32(3,4)27-13-10-9-11-14-27/h9-11,13-14,16-23,30H,5-8,12,15,24H2,1-4H3,(H,33,34).